The summed E-state index contributed by atoms with van der Waals surface area (Å²) >= 11 is 0. The quantitative estimate of drug-likeness (QED) is 0.169. The molecule has 5 nitrogen and oxygen atoms in total. The van der Waals surface area contributed by atoms with Crippen LogP contribution in [0.25, 0.3) is 111 Å². The fraction of sp³-hybridized carbons (Fsp3) is 0. The minimum atomic E-state index is 0.634. The standard InChI is InChI=1S/C55H35N5/c1-4-15-38(16-5-1)53-56-54(39-17-6-2-7-18-39)58-55(57-53)42-21-12-19-40(34-42)41-20-13-24-44(35-41)60-48-30-27-36-14-10-11-25-45(36)50(48)51-46-28-26-37-32-33-59(43-22-8-3-9-23-43)52(37)47(46)29-31-49(51)60/h1-35H. The van der Waals surface area contributed by atoms with Gasteiger partial charge in [-0.1, -0.05) is 158 Å². The van der Waals surface area contributed by atoms with Gasteiger partial charge < -0.3 is 9.13 Å². The van der Waals surface area contributed by atoms with E-state index in [-0.39, 0.29) is 0 Å². The van der Waals surface area contributed by atoms with Crippen molar-refractivity contribution in [3.8, 4) is 56.7 Å². The number of aromatic nitrogens is 5. The van der Waals surface area contributed by atoms with Crippen LogP contribution in [0.5, 0.6) is 0 Å². The molecule has 0 saturated heterocycles. The lowest BCUT2D eigenvalue weighted by molar-refractivity contribution is 1.07. The van der Waals surface area contributed by atoms with Gasteiger partial charge in [-0.05, 0) is 75.8 Å². The first-order valence-electron chi connectivity index (χ1n) is 20.3. The molecule has 5 heteroatoms. The van der Waals surface area contributed by atoms with E-state index in [4.69, 9.17) is 15.0 Å². The summed E-state index contributed by atoms with van der Waals surface area (Å²) in [7, 11) is 0. The molecule has 0 saturated carbocycles. The second kappa shape index (κ2) is 13.8. The molecule has 3 aromatic heterocycles. The Balaban J connectivity index is 1.04. The molecule has 0 fully saturated rings. The van der Waals surface area contributed by atoms with E-state index in [2.05, 4.69) is 161 Å². The summed E-state index contributed by atoms with van der Waals surface area (Å²) in [6.45, 7) is 0. The molecule has 0 atom stereocenters. The molecule has 0 aliphatic heterocycles. The first-order valence-corrected chi connectivity index (χ1v) is 20.3. The maximum atomic E-state index is 5.02. The number of para-hydroxylation sites is 1. The SMILES string of the molecule is c1ccc(-c2nc(-c3ccccc3)nc(-c3cccc(-c4cccc(-n5c6ccc7ccccc7c6c6c7ccc8ccn(-c9ccccc9)c8c7ccc65)c4)c3)n2)cc1. The molecular formula is C55H35N5. The predicted molar refractivity (Wildman–Crippen MR) is 248 cm³/mol. The molecule has 0 aliphatic carbocycles. The molecule has 60 heavy (non-hydrogen) atoms. The lowest BCUT2D eigenvalue weighted by atomic mass is 9.98. The number of hydrogen-bond donors (Lipinski definition) is 0. The van der Waals surface area contributed by atoms with Crippen molar-refractivity contribution < 1.29 is 0 Å². The maximum absolute atomic E-state index is 5.02. The van der Waals surface area contributed by atoms with Crippen molar-refractivity contribution in [3.05, 3.63) is 212 Å². The topological polar surface area (TPSA) is 48.5 Å². The van der Waals surface area contributed by atoms with E-state index in [0.717, 1.165) is 39.2 Å². The molecule has 0 spiro atoms. The van der Waals surface area contributed by atoms with Gasteiger partial charge in [0.15, 0.2) is 17.5 Å². The zero-order valence-corrected chi connectivity index (χ0v) is 32.4. The first-order chi connectivity index (χ1) is 29.7. The third-order valence-electron chi connectivity index (χ3n) is 11.8. The minimum Gasteiger partial charge on any atom is -0.316 e. The summed E-state index contributed by atoms with van der Waals surface area (Å²) in [5.41, 5.74) is 10.8. The van der Waals surface area contributed by atoms with Crippen LogP contribution in [0.1, 0.15) is 0 Å². The maximum Gasteiger partial charge on any atom is 0.164 e. The zero-order chi connectivity index (χ0) is 39.6. The average Bonchev–Trinajstić information content (AvgIpc) is 3.93. The summed E-state index contributed by atoms with van der Waals surface area (Å²) < 4.78 is 4.76. The van der Waals surface area contributed by atoms with Gasteiger partial charge in [-0.3, -0.25) is 0 Å². The fourth-order valence-electron chi connectivity index (χ4n) is 9.00. The number of fused-ring (bicyclic) bond motifs is 9. The van der Waals surface area contributed by atoms with Crippen LogP contribution in [0, 0.1) is 0 Å². The summed E-state index contributed by atoms with van der Waals surface area (Å²) in [5, 5.41) is 8.68. The van der Waals surface area contributed by atoms with E-state index < -0.39 is 0 Å². The Kier molecular flexibility index (Phi) is 7.78. The molecule has 12 rings (SSSR count). The number of rotatable bonds is 6. The van der Waals surface area contributed by atoms with Crippen molar-refractivity contribution in [2.45, 2.75) is 0 Å². The Bertz CT molecular complexity index is 3530. The minimum absolute atomic E-state index is 0.634. The average molecular weight is 766 g/mol. The first kappa shape index (κ1) is 33.9. The van der Waals surface area contributed by atoms with Crippen molar-refractivity contribution in [2.24, 2.45) is 0 Å². The Hall–Kier alpha value is -8.15. The van der Waals surface area contributed by atoms with E-state index in [1.54, 1.807) is 0 Å². The van der Waals surface area contributed by atoms with Crippen molar-refractivity contribution in [2.75, 3.05) is 0 Å². The molecule has 0 aliphatic rings. The zero-order valence-electron chi connectivity index (χ0n) is 32.4. The highest BCUT2D eigenvalue weighted by atomic mass is 15.0. The van der Waals surface area contributed by atoms with Crippen molar-refractivity contribution in [1.82, 2.24) is 24.1 Å². The van der Waals surface area contributed by atoms with Gasteiger partial charge >= 0.3 is 0 Å². The third-order valence-corrected chi connectivity index (χ3v) is 11.8. The van der Waals surface area contributed by atoms with Gasteiger partial charge in [0.25, 0.3) is 0 Å². The third kappa shape index (κ3) is 5.52. The van der Waals surface area contributed by atoms with E-state index in [1.807, 2.05) is 60.7 Å². The highest BCUT2D eigenvalue weighted by Gasteiger charge is 2.20. The molecule has 0 bridgehead atoms. The Morgan fingerprint density at radius 3 is 1.57 bits per heavy atom. The van der Waals surface area contributed by atoms with E-state index in [9.17, 15) is 0 Å². The van der Waals surface area contributed by atoms with Crippen LogP contribution < -0.4 is 0 Å². The highest BCUT2D eigenvalue weighted by molar-refractivity contribution is 6.30. The normalized spacial score (nSPS) is 11.7. The van der Waals surface area contributed by atoms with Gasteiger partial charge in [0.05, 0.1) is 16.6 Å². The van der Waals surface area contributed by atoms with Gasteiger partial charge in [-0.2, -0.15) is 0 Å². The van der Waals surface area contributed by atoms with Crippen LogP contribution in [0.15, 0.2) is 212 Å². The smallest absolute Gasteiger partial charge is 0.164 e. The molecule has 0 unspecified atom stereocenters. The van der Waals surface area contributed by atoms with Crippen LogP contribution in [0.3, 0.4) is 0 Å². The summed E-state index contributed by atoms with van der Waals surface area (Å²) in [6.07, 6.45) is 2.19. The van der Waals surface area contributed by atoms with E-state index in [1.165, 1.54) is 54.3 Å². The van der Waals surface area contributed by atoms with Gasteiger partial charge in [0.2, 0.25) is 0 Å². The number of nitrogens with zero attached hydrogens (tertiary/aromatic N) is 5. The second-order valence-electron chi connectivity index (χ2n) is 15.3. The molecule has 12 aromatic rings. The molecule has 0 N–H and O–H groups in total. The molecule has 9 aromatic carbocycles. The van der Waals surface area contributed by atoms with Gasteiger partial charge in [0, 0.05) is 55.8 Å². The Morgan fingerprint density at radius 2 is 0.833 bits per heavy atom. The fourth-order valence-corrected chi connectivity index (χ4v) is 9.00. The number of benzene rings is 9. The van der Waals surface area contributed by atoms with E-state index >= 15 is 0 Å². The van der Waals surface area contributed by atoms with Crippen LogP contribution in [-0.2, 0) is 0 Å². The van der Waals surface area contributed by atoms with Crippen LogP contribution in [0.4, 0.5) is 0 Å². The number of hydrogen-bond acceptors (Lipinski definition) is 3. The van der Waals surface area contributed by atoms with E-state index in [0.29, 0.717) is 17.5 Å². The van der Waals surface area contributed by atoms with Crippen LogP contribution in [0.2, 0.25) is 0 Å². The van der Waals surface area contributed by atoms with Crippen molar-refractivity contribution in [3.63, 3.8) is 0 Å². The van der Waals surface area contributed by atoms with Crippen LogP contribution >= 0.6 is 0 Å². The summed E-state index contributed by atoms with van der Waals surface area (Å²) in [5.74, 6) is 1.92. The van der Waals surface area contributed by atoms with Crippen molar-refractivity contribution in [1.29, 1.82) is 0 Å². The molecule has 0 amide bonds. The predicted octanol–water partition coefficient (Wildman–Crippen LogP) is 13.9. The largest absolute Gasteiger partial charge is 0.316 e. The molecular weight excluding hydrogens is 731 g/mol. The Labute approximate surface area is 346 Å². The van der Waals surface area contributed by atoms with Gasteiger partial charge in [-0.25, -0.2) is 15.0 Å². The summed E-state index contributed by atoms with van der Waals surface area (Å²) in [4.78, 5) is 15.0. The Morgan fingerprint density at radius 1 is 0.317 bits per heavy atom. The second-order valence-corrected chi connectivity index (χ2v) is 15.3. The van der Waals surface area contributed by atoms with Gasteiger partial charge in [-0.15, -0.1) is 0 Å². The monoisotopic (exact) mass is 765 g/mol. The molecule has 280 valence electrons. The van der Waals surface area contributed by atoms with Gasteiger partial charge in [0.1, 0.15) is 0 Å². The molecule has 3 heterocycles. The molecule has 0 radical (unpaired) electrons. The lowest BCUT2D eigenvalue weighted by Gasteiger charge is -2.12. The lowest BCUT2D eigenvalue weighted by Crippen LogP contribution is -2.00. The highest BCUT2D eigenvalue weighted by Crippen LogP contribution is 2.43. The van der Waals surface area contributed by atoms with Crippen LogP contribution in [-0.4, -0.2) is 24.1 Å². The van der Waals surface area contributed by atoms with Crippen molar-refractivity contribution >= 4 is 54.3 Å². The summed E-state index contributed by atoms with van der Waals surface area (Å²) in [6, 6.07) is 73.0.